The van der Waals surface area contributed by atoms with Crippen LogP contribution in [0.5, 0.6) is 5.75 Å². The molecule has 8 heteroatoms. The summed E-state index contributed by atoms with van der Waals surface area (Å²) in [7, 11) is 0. The van der Waals surface area contributed by atoms with Crippen molar-refractivity contribution in [2.45, 2.75) is 31.8 Å². The van der Waals surface area contributed by atoms with Gasteiger partial charge in [-0.15, -0.1) is 13.2 Å². The van der Waals surface area contributed by atoms with Crippen molar-refractivity contribution in [3.63, 3.8) is 0 Å². The van der Waals surface area contributed by atoms with Crippen molar-refractivity contribution >= 4 is 28.9 Å². The van der Waals surface area contributed by atoms with Crippen LogP contribution in [0.1, 0.15) is 36.6 Å². The molecular formula is C25H20ClF3N2O2. The third-order valence-electron chi connectivity index (χ3n) is 5.38. The number of carbonyl (C=O) groups excluding carboxylic acids is 1. The second-order valence-corrected chi connectivity index (χ2v) is 8.09. The molecular weight excluding hydrogens is 453 g/mol. The molecule has 4 rings (SSSR count). The number of anilines is 1. The van der Waals surface area contributed by atoms with Gasteiger partial charge in [-0.25, -0.2) is 0 Å². The number of alkyl halides is 3. The first-order chi connectivity index (χ1) is 15.7. The van der Waals surface area contributed by atoms with Crippen LogP contribution in [0.3, 0.4) is 0 Å². The molecule has 1 amide bonds. The second-order valence-electron chi connectivity index (χ2n) is 7.65. The van der Waals surface area contributed by atoms with E-state index < -0.39 is 12.4 Å². The maximum Gasteiger partial charge on any atom is 0.573 e. The van der Waals surface area contributed by atoms with E-state index in [1.165, 1.54) is 24.3 Å². The van der Waals surface area contributed by atoms with E-state index in [2.05, 4.69) is 9.73 Å². The molecule has 0 unspecified atom stereocenters. The minimum absolute atomic E-state index is 0.229. The summed E-state index contributed by atoms with van der Waals surface area (Å²) in [5, 5.41) is 0.525. The van der Waals surface area contributed by atoms with Gasteiger partial charge in [0.15, 0.2) is 0 Å². The number of rotatable bonds is 5. The molecule has 0 saturated carbocycles. The van der Waals surface area contributed by atoms with Crippen molar-refractivity contribution < 1.29 is 22.7 Å². The minimum Gasteiger partial charge on any atom is -0.406 e. The van der Waals surface area contributed by atoms with Crippen LogP contribution in [0.25, 0.3) is 0 Å². The van der Waals surface area contributed by atoms with Crippen molar-refractivity contribution in [2.75, 3.05) is 4.90 Å². The molecule has 0 aromatic heterocycles. The van der Waals surface area contributed by atoms with E-state index in [4.69, 9.17) is 11.6 Å². The van der Waals surface area contributed by atoms with Crippen molar-refractivity contribution in [1.29, 1.82) is 0 Å². The smallest absolute Gasteiger partial charge is 0.406 e. The van der Waals surface area contributed by atoms with Crippen molar-refractivity contribution in [2.24, 2.45) is 4.99 Å². The van der Waals surface area contributed by atoms with Crippen molar-refractivity contribution in [1.82, 2.24) is 0 Å². The van der Waals surface area contributed by atoms with Gasteiger partial charge in [-0.1, -0.05) is 54.1 Å². The Kier molecular flexibility index (Phi) is 6.42. The fraction of sp³-hybridized carbons (Fsp3) is 0.200. The number of ether oxygens (including phenoxy) is 1. The van der Waals surface area contributed by atoms with E-state index in [1.807, 2.05) is 43.3 Å². The van der Waals surface area contributed by atoms with Crippen LogP contribution in [0.2, 0.25) is 5.02 Å². The monoisotopic (exact) mass is 472 g/mol. The Labute approximate surface area is 194 Å². The van der Waals surface area contributed by atoms with Gasteiger partial charge in [-0.2, -0.15) is 0 Å². The molecule has 0 aliphatic carbocycles. The largest absolute Gasteiger partial charge is 0.573 e. The lowest BCUT2D eigenvalue weighted by Gasteiger charge is -2.25. The maximum absolute atomic E-state index is 13.4. The predicted molar refractivity (Wildman–Crippen MR) is 122 cm³/mol. The van der Waals surface area contributed by atoms with Crippen LogP contribution in [-0.2, 0) is 4.79 Å². The fourth-order valence-corrected chi connectivity index (χ4v) is 4.08. The highest BCUT2D eigenvalue weighted by molar-refractivity contribution is 6.46. The zero-order valence-electron chi connectivity index (χ0n) is 17.6. The number of amides is 1. The first-order valence-electron chi connectivity index (χ1n) is 10.3. The summed E-state index contributed by atoms with van der Waals surface area (Å²) >= 11 is 6.18. The highest BCUT2D eigenvalue weighted by Crippen LogP contribution is 2.38. The summed E-state index contributed by atoms with van der Waals surface area (Å²) in [5.74, 6) is -0.656. The average Bonchev–Trinajstić information content (AvgIpc) is 3.10. The summed E-state index contributed by atoms with van der Waals surface area (Å²) in [6.07, 6.45) is -4.45. The van der Waals surface area contributed by atoms with Crippen LogP contribution in [-0.4, -0.2) is 18.0 Å². The zero-order valence-corrected chi connectivity index (χ0v) is 18.3. The van der Waals surface area contributed by atoms with Gasteiger partial charge in [0.05, 0.1) is 12.1 Å². The lowest BCUT2D eigenvalue weighted by Crippen LogP contribution is -2.29. The van der Waals surface area contributed by atoms with E-state index in [0.29, 0.717) is 22.8 Å². The molecule has 0 spiro atoms. The molecule has 1 fully saturated rings. The first-order valence-corrected chi connectivity index (χ1v) is 10.7. The molecule has 2 atom stereocenters. The summed E-state index contributed by atoms with van der Waals surface area (Å²) in [6.45, 7) is 1.91. The van der Waals surface area contributed by atoms with E-state index in [0.717, 1.165) is 11.1 Å². The molecule has 1 aliphatic rings. The van der Waals surface area contributed by atoms with Gasteiger partial charge in [0.25, 0.3) is 5.91 Å². The van der Waals surface area contributed by atoms with Gasteiger partial charge in [0.2, 0.25) is 0 Å². The SMILES string of the molecule is C[C@@H](N=C1C[C@H](c2cccc(Cl)c2)N(c2ccc(OC(F)(F)F)cc2)C1=O)c1ccccc1. The third kappa shape index (κ3) is 5.37. The number of halogens is 4. The maximum atomic E-state index is 13.4. The molecule has 3 aromatic rings. The summed E-state index contributed by atoms with van der Waals surface area (Å²) in [6, 6.07) is 21.4. The number of hydrogen-bond acceptors (Lipinski definition) is 3. The number of aliphatic imine (C=N–C) groups is 1. The average molecular weight is 473 g/mol. The topological polar surface area (TPSA) is 41.9 Å². The van der Waals surface area contributed by atoms with Crippen LogP contribution in [0.15, 0.2) is 83.9 Å². The van der Waals surface area contributed by atoms with Crippen LogP contribution in [0, 0.1) is 0 Å². The van der Waals surface area contributed by atoms with E-state index >= 15 is 0 Å². The Hall–Kier alpha value is -3.32. The Morgan fingerprint density at radius 3 is 2.36 bits per heavy atom. The zero-order chi connectivity index (χ0) is 23.6. The van der Waals surface area contributed by atoms with E-state index in [1.54, 1.807) is 23.1 Å². The Morgan fingerprint density at radius 2 is 1.73 bits per heavy atom. The van der Waals surface area contributed by atoms with Gasteiger partial charge in [-0.3, -0.25) is 14.7 Å². The number of benzene rings is 3. The fourth-order valence-electron chi connectivity index (χ4n) is 3.88. The number of carbonyl (C=O) groups is 1. The first kappa shape index (κ1) is 22.9. The molecule has 1 heterocycles. The van der Waals surface area contributed by atoms with E-state index in [9.17, 15) is 18.0 Å². The Bertz CT molecular complexity index is 1160. The highest BCUT2D eigenvalue weighted by atomic mass is 35.5. The van der Waals surface area contributed by atoms with Gasteiger partial charge in [0, 0.05) is 17.1 Å². The minimum atomic E-state index is -4.79. The normalized spacial score (nSPS) is 18.6. The molecule has 170 valence electrons. The third-order valence-corrected chi connectivity index (χ3v) is 5.61. The predicted octanol–water partition coefficient (Wildman–Crippen LogP) is 6.92. The summed E-state index contributed by atoms with van der Waals surface area (Å²) in [4.78, 5) is 19.6. The lowest BCUT2D eigenvalue weighted by atomic mass is 10.0. The van der Waals surface area contributed by atoms with Gasteiger partial charge in [0.1, 0.15) is 11.5 Å². The van der Waals surface area contributed by atoms with Gasteiger partial charge < -0.3 is 4.74 Å². The quantitative estimate of drug-likeness (QED) is 0.404. The standard InChI is InChI=1S/C25H20ClF3N2O2/c1-16(17-6-3-2-4-7-17)30-22-15-23(18-8-5-9-19(26)14-18)31(24(22)32)20-10-12-21(13-11-20)33-25(27,28)29/h2-14,16,23H,15H2,1H3/t16-,23-/m1/s1. The van der Waals surface area contributed by atoms with Crippen molar-refractivity contribution in [3.05, 3.63) is 95.0 Å². The molecule has 4 nitrogen and oxygen atoms in total. The lowest BCUT2D eigenvalue weighted by molar-refractivity contribution is -0.274. The molecule has 0 bridgehead atoms. The second kappa shape index (κ2) is 9.27. The van der Waals surface area contributed by atoms with E-state index in [-0.39, 0.29) is 17.7 Å². The van der Waals surface area contributed by atoms with Crippen LogP contribution in [0.4, 0.5) is 18.9 Å². The Morgan fingerprint density at radius 1 is 1.03 bits per heavy atom. The summed E-state index contributed by atoms with van der Waals surface area (Å²) < 4.78 is 41.5. The van der Waals surface area contributed by atoms with Crippen molar-refractivity contribution in [3.8, 4) is 5.75 Å². The molecule has 3 aromatic carbocycles. The Balaban J connectivity index is 1.69. The molecule has 0 N–H and O–H groups in total. The molecule has 1 saturated heterocycles. The van der Waals surface area contributed by atoms with Gasteiger partial charge in [-0.05, 0) is 54.4 Å². The molecule has 33 heavy (non-hydrogen) atoms. The van der Waals surface area contributed by atoms with Crippen LogP contribution >= 0.6 is 11.6 Å². The molecule has 1 aliphatic heterocycles. The summed E-state index contributed by atoms with van der Waals surface area (Å²) in [5.41, 5.74) is 2.62. The van der Waals surface area contributed by atoms with Crippen LogP contribution < -0.4 is 9.64 Å². The molecule has 0 radical (unpaired) electrons. The van der Waals surface area contributed by atoms with Gasteiger partial charge >= 0.3 is 6.36 Å². The highest BCUT2D eigenvalue weighted by Gasteiger charge is 2.39. The number of nitrogens with zero attached hydrogens (tertiary/aromatic N) is 2. The number of hydrogen-bond donors (Lipinski definition) is 0.